The Balaban J connectivity index is 2.88. The van der Waals surface area contributed by atoms with E-state index in [1.165, 1.54) is 6.07 Å². The van der Waals surface area contributed by atoms with Gasteiger partial charge in [-0.25, -0.2) is 9.59 Å². The fourth-order valence-electron chi connectivity index (χ4n) is 1.35. The van der Waals surface area contributed by atoms with Gasteiger partial charge < -0.3 is 9.47 Å². The van der Waals surface area contributed by atoms with Crippen molar-refractivity contribution in [3.05, 3.63) is 35.4 Å². The first-order valence-corrected chi connectivity index (χ1v) is 5.99. The molecule has 0 bridgehead atoms. The number of hydrogen-bond donors (Lipinski definition) is 1. The van der Waals surface area contributed by atoms with Crippen molar-refractivity contribution >= 4 is 11.9 Å². The second-order valence-corrected chi connectivity index (χ2v) is 5.19. The Morgan fingerprint density at radius 2 is 1.68 bits per heavy atom. The summed E-state index contributed by atoms with van der Waals surface area (Å²) in [7, 11) is 0. The van der Waals surface area contributed by atoms with Gasteiger partial charge in [-0.3, -0.25) is 5.73 Å². The highest BCUT2D eigenvalue weighted by molar-refractivity contribution is 5.95. The molecule has 104 valence electrons. The predicted molar refractivity (Wildman–Crippen MR) is 70.7 cm³/mol. The maximum atomic E-state index is 11.9. The van der Waals surface area contributed by atoms with Gasteiger partial charge in [-0.1, -0.05) is 6.07 Å². The summed E-state index contributed by atoms with van der Waals surface area (Å²) in [4.78, 5) is 23.5. The van der Waals surface area contributed by atoms with Gasteiger partial charge >= 0.3 is 11.9 Å². The van der Waals surface area contributed by atoms with Crippen LogP contribution in [0.3, 0.4) is 0 Å². The molecule has 0 spiro atoms. The van der Waals surface area contributed by atoms with E-state index in [9.17, 15) is 9.59 Å². The zero-order valence-electron chi connectivity index (χ0n) is 11.6. The quantitative estimate of drug-likeness (QED) is 0.669. The third-order valence-corrected chi connectivity index (χ3v) is 2.03. The van der Waals surface area contributed by atoms with Crippen LogP contribution in [-0.4, -0.2) is 23.8 Å². The second-order valence-electron chi connectivity index (χ2n) is 5.19. The van der Waals surface area contributed by atoms with E-state index in [2.05, 4.69) is 0 Å². The van der Waals surface area contributed by atoms with Crippen molar-refractivity contribution in [2.24, 2.45) is 5.73 Å². The van der Waals surface area contributed by atoms with Gasteiger partial charge in [0.25, 0.3) is 0 Å². The minimum atomic E-state index is -0.697. The van der Waals surface area contributed by atoms with Crippen LogP contribution in [0.4, 0.5) is 0 Å². The normalized spacial score (nSPS) is 12.7. The number of carbonyl (C=O) groups is 2. The van der Waals surface area contributed by atoms with Gasteiger partial charge in [0.05, 0.1) is 11.1 Å². The molecule has 19 heavy (non-hydrogen) atoms. The zero-order chi connectivity index (χ0) is 14.6. The van der Waals surface area contributed by atoms with Crippen molar-refractivity contribution < 1.29 is 19.1 Å². The summed E-state index contributed by atoms with van der Waals surface area (Å²) in [6.45, 7) is 6.88. The fourth-order valence-corrected chi connectivity index (χ4v) is 1.35. The zero-order valence-corrected chi connectivity index (χ0v) is 11.6. The number of ether oxygens (including phenoxy) is 2. The highest BCUT2D eigenvalue weighted by Gasteiger charge is 2.19. The Kier molecular flexibility index (Phi) is 4.67. The summed E-state index contributed by atoms with van der Waals surface area (Å²) in [6, 6.07) is 6.16. The largest absolute Gasteiger partial charge is 0.456 e. The van der Waals surface area contributed by atoms with E-state index < -0.39 is 23.8 Å². The number of carbonyl (C=O) groups excluding carboxylic acids is 2. The maximum absolute atomic E-state index is 11.9. The molecular formula is C14H19NO4. The lowest BCUT2D eigenvalue weighted by atomic mass is 10.1. The first-order valence-electron chi connectivity index (χ1n) is 5.99. The standard InChI is InChI=1S/C14H19NO4/c1-9(15)18-12(16)10-6-5-7-11(8-10)13(17)19-14(2,3)4/h5-9H,15H2,1-4H3. The van der Waals surface area contributed by atoms with Crippen molar-refractivity contribution in [2.75, 3.05) is 0 Å². The fraction of sp³-hybridized carbons (Fsp3) is 0.429. The third-order valence-electron chi connectivity index (χ3n) is 2.03. The van der Waals surface area contributed by atoms with Crippen LogP contribution in [-0.2, 0) is 9.47 Å². The number of rotatable bonds is 3. The van der Waals surface area contributed by atoms with Gasteiger partial charge in [0.2, 0.25) is 0 Å². The predicted octanol–water partition coefficient (Wildman–Crippen LogP) is 2.10. The van der Waals surface area contributed by atoms with Crippen LogP contribution < -0.4 is 5.73 Å². The first kappa shape index (κ1) is 15.2. The van der Waals surface area contributed by atoms with Crippen LogP contribution in [0, 0.1) is 0 Å². The molecule has 0 saturated heterocycles. The number of benzene rings is 1. The van der Waals surface area contributed by atoms with E-state index in [4.69, 9.17) is 15.2 Å². The molecule has 1 atom stereocenters. The van der Waals surface area contributed by atoms with Gasteiger partial charge in [-0.15, -0.1) is 0 Å². The Morgan fingerprint density at radius 1 is 1.16 bits per heavy atom. The average molecular weight is 265 g/mol. The molecule has 1 rings (SSSR count). The van der Waals surface area contributed by atoms with Crippen LogP contribution in [0.25, 0.3) is 0 Å². The number of nitrogens with two attached hydrogens (primary N) is 1. The summed E-state index contributed by atoms with van der Waals surface area (Å²) in [5.74, 6) is -1.05. The molecule has 0 heterocycles. The molecule has 0 aliphatic heterocycles. The van der Waals surface area contributed by atoms with Crippen LogP contribution in [0.1, 0.15) is 48.4 Å². The van der Waals surface area contributed by atoms with Gasteiger partial charge in [-0.2, -0.15) is 0 Å². The summed E-state index contributed by atoms with van der Waals surface area (Å²) in [6.07, 6.45) is -0.697. The molecule has 0 radical (unpaired) electrons. The van der Waals surface area contributed by atoms with Crippen LogP contribution in [0.2, 0.25) is 0 Å². The molecule has 1 unspecified atom stereocenters. The molecule has 1 aromatic carbocycles. The molecule has 0 aliphatic rings. The lowest BCUT2D eigenvalue weighted by Gasteiger charge is -2.19. The molecule has 0 aromatic heterocycles. The molecular weight excluding hydrogens is 246 g/mol. The third kappa shape index (κ3) is 5.09. The van der Waals surface area contributed by atoms with Crippen molar-refractivity contribution in [1.82, 2.24) is 0 Å². The molecule has 2 N–H and O–H groups in total. The Labute approximate surface area is 112 Å². The Bertz CT molecular complexity index is 475. The van der Waals surface area contributed by atoms with Gasteiger partial charge in [0, 0.05) is 0 Å². The first-order chi connectivity index (χ1) is 8.69. The highest BCUT2D eigenvalue weighted by atomic mass is 16.6. The summed E-state index contributed by atoms with van der Waals surface area (Å²) >= 11 is 0. The van der Waals surface area contributed by atoms with Gasteiger partial charge in [-0.05, 0) is 45.9 Å². The maximum Gasteiger partial charge on any atom is 0.339 e. The van der Waals surface area contributed by atoms with Crippen molar-refractivity contribution in [3.8, 4) is 0 Å². The molecule has 0 aliphatic carbocycles. The van der Waals surface area contributed by atoms with E-state index in [1.807, 2.05) is 0 Å². The monoisotopic (exact) mass is 265 g/mol. The van der Waals surface area contributed by atoms with Crippen LogP contribution in [0.15, 0.2) is 24.3 Å². The summed E-state index contributed by atoms with van der Waals surface area (Å²) in [5.41, 5.74) is 5.36. The Morgan fingerprint density at radius 3 is 2.16 bits per heavy atom. The summed E-state index contributed by atoms with van der Waals surface area (Å²) < 4.78 is 10.1. The molecule has 0 saturated carbocycles. The molecule has 1 aromatic rings. The Hall–Kier alpha value is -1.88. The van der Waals surface area contributed by atoms with Gasteiger partial charge in [0.15, 0.2) is 0 Å². The lowest BCUT2D eigenvalue weighted by Crippen LogP contribution is -2.25. The summed E-state index contributed by atoms with van der Waals surface area (Å²) in [5, 5.41) is 0. The minimum Gasteiger partial charge on any atom is -0.456 e. The molecule has 5 heteroatoms. The van der Waals surface area contributed by atoms with Crippen LogP contribution >= 0.6 is 0 Å². The van der Waals surface area contributed by atoms with Crippen molar-refractivity contribution in [1.29, 1.82) is 0 Å². The van der Waals surface area contributed by atoms with E-state index in [1.54, 1.807) is 45.9 Å². The second kappa shape index (κ2) is 5.84. The van der Waals surface area contributed by atoms with Gasteiger partial charge in [0.1, 0.15) is 11.8 Å². The highest BCUT2D eigenvalue weighted by Crippen LogP contribution is 2.14. The SMILES string of the molecule is CC(N)OC(=O)c1cccc(C(=O)OC(C)(C)C)c1. The minimum absolute atomic E-state index is 0.264. The lowest BCUT2D eigenvalue weighted by molar-refractivity contribution is 0.00695. The van der Waals surface area contributed by atoms with Crippen molar-refractivity contribution in [2.45, 2.75) is 39.5 Å². The van der Waals surface area contributed by atoms with E-state index in [-0.39, 0.29) is 5.56 Å². The van der Waals surface area contributed by atoms with E-state index in [0.717, 1.165) is 0 Å². The van der Waals surface area contributed by atoms with Crippen molar-refractivity contribution in [3.63, 3.8) is 0 Å². The molecule has 0 amide bonds. The average Bonchev–Trinajstić information content (AvgIpc) is 2.26. The van der Waals surface area contributed by atoms with E-state index in [0.29, 0.717) is 5.56 Å². The van der Waals surface area contributed by atoms with E-state index >= 15 is 0 Å². The van der Waals surface area contributed by atoms with Crippen LogP contribution in [0.5, 0.6) is 0 Å². The topological polar surface area (TPSA) is 78.6 Å². The smallest absolute Gasteiger partial charge is 0.339 e. The number of hydrogen-bond acceptors (Lipinski definition) is 5. The molecule has 0 fully saturated rings. The number of esters is 2. The molecule has 5 nitrogen and oxygen atoms in total.